The molecule has 0 saturated carbocycles. The van der Waals surface area contributed by atoms with Crippen molar-refractivity contribution >= 4 is 5.82 Å². The number of nitrogen functional groups attached to an aromatic ring is 1. The molecule has 1 aliphatic heterocycles. The largest absolute Gasteiger partial charge is 0.395 e. The minimum atomic E-state index is 0.265. The van der Waals surface area contributed by atoms with Gasteiger partial charge in [0.05, 0.1) is 13.2 Å². The molecule has 0 aromatic carbocycles. The SMILES string of the molecule is Nc1ccn(CCN2CCCC2CO)n1. The molecule has 0 amide bonds. The second kappa shape index (κ2) is 4.63. The van der Waals surface area contributed by atoms with Crippen molar-refractivity contribution in [3.8, 4) is 0 Å². The van der Waals surface area contributed by atoms with Crippen molar-refractivity contribution in [2.45, 2.75) is 25.4 Å². The number of hydrogen-bond acceptors (Lipinski definition) is 4. The van der Waals surface area contributed by atoms with Gasteiger partial charge in [-0.05, 0) is 25.5 Å². The average molecular weight is 210 g/mol. The Labute approximate surface area is 89.5 Å². The zero-order valence-corrected chi connectivity index (χ0v) is 8.84. The van der Waals surface area contributed by atoms with E-state index in [2.05, 4.69) is 10.00 Å². The summed E-state index contributed by atoms with van der Waals surface area (Å²) in [6, 6.07) is 2.14. The summed E-state index contributed by atoms with van der Waals surface area (Å²) in [5, 5.41) is 13.3. The fourth-order valence-electron chi connectivity index (χ4n) is 2.13. The minimum Gasteiger partial charge on any atom is -0.395 e. The van der Waals surface area contributed by atoms with Crippen LogP contribution in [0.3, 0.4) is 0 Å². The molecule has 0 aliphatic carbocycles. The Morgan fingerprint density at radius 1 is 1.53 bits per heavy atom. The first-order chi connectivity index (χ1) is 7.29. The second-order valence-corrected chi connectivity index (χ2v) is 4.02. The van der Waals surface area contributed by atoms with Crippen LogP contribution in [-0.2, 0) is 6.54 Å². The molecule has 1 fully saturated rings. The quantitative estimate of drug-likeness (QED) is 0.729. The van der Waals surface area contributed by atoms with Crippen LogP contribution in [0.2, 0.25) is 0 Å². The van der Waals surface area contributed by atoms with E-state index in [1.54, 1.807) is 6.07 Å². The molecule has 0 spiro atoms. The van der Waals surface area contributed by atoms with Crippen LogP contribution >= 0.6 is 0 Å². The summed E-state index contributed by atoms with van der Waals surface area (Å²) in [6.45, 7) is 3.13. The average Bonchev–Trinajstić information content (AvgIpc) is 2.83. The van der Waals surface area contributed by atoms with E-state index in [0.717, 1.165) is 26.1 Å². The van der Waals surface area contributed by atoms with Gasteiger partial charge in [0.25, 0.3) is 0 Å². The molecular weight excluding hydrogens is 192 g/mol. The third kappa shape index (κ3) is 2.49. The fraction of sp³-hybridized carbons (Fsp3) is 0.700. The molecule has 84 valence electrons. The number of rotatable bonds is 4. The number of likely N-dealkylation sites (tertiary alicyclic amines) is 1. The molecular formula is C10H18N4O. The van der Waals surface area contributed by atoms with Crippen LogP contribution in [-0.4, -0.2) is 45.5 Å². The van der Waals surface area contributed by atoms with Gasteiger partial charge in [0.15, 0.2) is 0 Å². The van der Waals surface area contributed by atoms with E-state index >= 15 is 0 Å². The number of aliphatic hydroxyl groups excluding tert-OH is 1. The van der Waals surface area contributed by atoms with Gasteiger partial charge in [-0.1, -0.05) is 0 Å². The first-order valence-corrected chi connectivity index (χ1v) is 5.43. The topological polar surface area (TPSA) is 67.3 Å². The van der Waals surface area contributed by atoms with Crippen LogP contribution in [0, 0.1) is 0 Å². The van der Waals surface area contributed by atoms with Crippen LogP contribution in [0.5, 0.6) is 0 Å². The van der Waals surface area contributed by atoms with Gasteiger partial charge in [0.2, 0.25) is 0 Å². The Morgan fingerprint density at radius 2 is 2.40 bits per heavy atom. The normalized spacial score (nSPS) is 22.3. The Hall–Kier alpha value is -1.07. The number of aromatic nitrogens is 2. The Kier molecular flexibility index (Phi) is 3.23. The van der Waals surface area contributed by atoms with Crippen LogP contribution in [0.4, 0.5) is 5.82 Å². The van der Waals surface area contributed by atoms with Crippen molar-refractivity contribution in [2.24, 2.45) is 0 Å². The van der Waals surface area contributed by atoms with E-state index in [9.17, 15) is 0 Å². The fourth-order valence-corrected chi connectivity index (χ4v) is 2.13. The van der Waals surface area contributed by atoms with Gasteiger partial charge in [0.1, 0.15) is 5.82 Å². The predicted molar refractivity (Wildman–Crippen MR) is 58.3 cm³/mol. The molecule has 1 saturated heterocycles. The second-order valence-electron chi connectivity index (χ2n) is 4.02. The van der Waals surface area contributed by atoms with Crippen molar-refractivity contribution in [3.05, 3.63) is 12.3 Å². The lowest BCUT2D eigenvalue weighted by Gasteiger charge is -2.22. The van der Waals surface area contributed by atoms with E-state index in [4.69, 9.17) is 10.8 Å². The molecule has 0 radical (unpaired) electrons. The highest BCUT2D eigenvalue weighted by atomic mass is 16.3. The van der Waals surface area contributed by atoms with Gasteiger partial charge in [-0.3, -0.25) is 9.58 Å². The number of nitrogens with zero attached hydrogens (tertiary/aromatic N) is 3. The molecule has 2 rings (SSSR count). The summed E-state index contributed by atoms with van der Waals surface area (Å²) in [5.41, 5.74) is 5.53. The Bertz CT molecular complexity index is 312. The smallest absolute Gasteiger partial charge is 0.145 e. The van der Waals surface area contributed by atoms with Crippen molar-refractivity contribution in [2.75, 3.05) is 25.4 Å². The van der Waals surface area contributed by atoms with E-state index < -0.39 is 0 Å². The highest BCUT2D eigenvalue weighted by molar-refractivity contribution is 5.23. The summed E-state index contributed by atoms with van der Waals surface area (Å²) >= 11 is 0. The molecule has 1 unspecified atom stereocenters. The Balaban J connectivity index is 1.82. The lowest BCUT2D eigenvalue weighted by molar-refractivity contribution is 0.154. The molecule has 1 aromatic rings. The van der Waals surface area contributed by atoms with Crippen molar-refractivity contribution in [1.29, 1.82) is 0 Å². The van der Waals surface area contributed by atoms with E-state index in [0.29, 0.717) is 11.9 Å². The van der Waals surface area contributed by atoms with Gasteiger partial charge >= 0.3 is 0 Å². The molecule has 5 heteroatoms. The summed E-state index contributed by atoms with van der Waals surface area (Å²) < 4.78 is 1.85. The molecule has 1 aliphatic rings. The van der Waals surface area contributed by atoms with Gasteiger partial charge in [-0.25, -0.2) is 0 Å². The highest BCUT2D eigenvalue weighted by Gasteiger charge is 2.22. The molecule has 15 heavy (non-hydrogen) atoms. The van der Waals surface area contributed by atoms with Gasteiger partial charge in [-0.2, -0.15) is 5.10 Å². The monoisotopic (exact) mass is 210 g/mol. The summed E-state index contributed by atoms with van der Waals surface area (Å²) in [6.07, 6.45) is 4.18. The molecule has 0 bridgehead atoms. The lowest BCUT2D eigenvalue weighted by atomic mass is 10.2. The van der Waals surface area contributed by atoms with Gasteiger partial charge in [-0.15, -0.1) is 0 Å². The van der Waals surface area contributed by atoms with Crippen LogP contribution in [0.25, 0.3) is 0 Å². The maximum Gasteiger partial charge on any atom is 0.145 e. The van der Waals surface area contributed by atoms with Crippen molar-refractivity contribution < 1.29 is 5.11 Å². The van der Waals surface area contributed by atoms with Crippen LogP contribution in [0.15, 0.2) is 12.3 Å². The van der Waals surface area contributed by atoms with E-state index in [1.165, 1.54) is 6.42 Å². The van der Waals surface area contributed by atoms with Crippen LogP contribution in [0.1, 0.15) is 12.8 Å². The minimum absolute atomic E-state index is 0.265. The molecule has 1 atom stereocenters. The van der Waals surface area contributed by atoms with E-state index in [-0.39, 0.29) is 6.61 Å². The number of nitrogens with two attached hydrogens (primary N) is 1. The van der Waals surface area contributed by atoms with E-state index in [1.807, 2.05) is 10.9 Å². The van der Waals surface area contributed by atoms with Crippen molar-refractivity contribution in [1.82, 2.24) is 14.7 Å². The zero-order valence-electron chi connectivity index (χ0n) is 8.84. The standard InChI is InChI=1S/C10H18N4O/c11-10-3-5-14(12-10)7-6-13-4-1-2-9(13)8-15/h3,5,9,15H,1-2,4,6-8H2,(H2,11,12). The summed E-state index contributed by atoms with van der Waals surface area (Å²) in [4.78, 5) is 2.32. The summed E-state index contributed by atoms with van der Waals surface area (Å²) in [7, 11) is 0. The van der Waals surface area contributed by atoms with Gasteiger partial charge in [0, 0.05) is 18.8 Å². The predicted octanol–water partition coefficient (Wildman–Crippen LogP) is -0.0780. The Morgan fingerprint density at radius 3 is 3.07 bits per heavy atom. The lowest BCUT2D eigenvalue weighted by Crippen LogP contribution is -2.34. The third-order valence-corrected chi connectivity index (χ3v) is 2.99. The maximum atomic E-state index is 9.15. The number of anilines is 1. The maximum absolute atomic E-state index is 9.15. The third-order valence-electron chi connectivity index (χ3n) is 2.99. The summed E-state index contributed by atoms with van der Waals surface area (Å²) in [5.74, 6) is 0.565. The molecule has 3 N–H and O–H groups in total. The first-order valence-electron chi connectivity index (χ1n) is 5.43. The van der Waals surface area contributed by atoms with Crippen molar-refractivity contribution in [3.63, 3.8) is 0 Å². The van der Waals surface area contributed by atoms with Crippen LogP contribution < -0.4 is 5.73 Å². The van der Waals surface area contributed by atoms with Gasteiger partial charge < -0.3 is 10.8 Å². The molecule has 5 nitrogen and oxygen atoms in total. The highest BCUT2D eigenvalue weighted by Crippen LogP contribution is 2.16. The number of aliphatic hydroxyl groups is 1. The number of hydrogen-bond donors (Lipinski definition) is 2. The zero-order chi connectivity index (χ0) is 10.7. The first kappa shape index (κ1) is 10.4. The molecule has 2 heterocycles. The molecule has 1 aromatic heterocycles.